The van der Waals surface area contributed by atoms with E-state index >= 15 is 0 Å². The van der Waals surface area contributed by atoms with Crippen LogP contribution in [0.25, 0.3) is 0 Å². The molecule has 2 N–H and O–H groups in total. The largest absolute Gasteiger partial charge is 0.282 e. The molecule has 0 aromatic heterocycles. The SMILES string of the molecule is O=C(CCc1ccccc1Cl)NNC(=O)c1ccccc1[N+](=O)[O-]. The maximum Gasteiger partial charge on any atom is 0.282 e. The van der Waals surface area contributed by atoms with Crippen molar-refractivity contribution in [3.8, 4) is 0 Å². The molecule has 0 radical (unpaired) electrons. The number of para-hydroxylation sites is 1. The lowest BCUT2D eigenvalue weighted by atomic mass is 10.1. The first-order valence-electron chi connectivity index (χ1n) is 7.05. The molecule has 2 amide bonds. The third kappa shape index (κ3) is 4.53. The Bertz CT molecular complexity index is 779. The van der Waals surface area contributed by atoms with Gasteiger partial charge in [-0.3, -0.25) is 30.6 Å². The molecule has 24 heavy (non-hydrogen) atoms. The van der Waals surface area contributed by atoms with Gasteiger partial charge in [0.1, 0.15) is 5.56 Å². The van der Waals surface area contributed by atoms with Gasteiger partial charge in [-0.25, -0.2) is 0 Å². The van der Waals surface area contributed by atoms with Crippen molar-refractivity contribution in [3.63, 3.8) is 0 Å². The molecule has 124 valence electrons. The number of nitro benzene ring substituents is 1. The Kier molecular flexibility index (Phi) is 5.86. The summed E-state index contributed by atoms with van der Waals surface area (Å²) in [7, 11) is 0. The number of nitrogens with one attached hydrogen (secondary N) is 2. The Morgan fingerprint density at radius 3 is 2.42 bits per heavy atom. The second-order valence-corrected chi connectivity index (χ2v) is 5.28. The van der Waals surface area contributed by atoms with Crippen LogP contribution >= 0.6 is 11.6 Å². The van der Waals surface area contributed by atoms with Crippen LogP contribution in [0.4, 0.5) is 5.69 Å². The summed E-state index contributed by atoms with van der Waals surface area (Å²) >= 11 is 6.00. The summed E-state index contributed by atoms with van der Waals surface area (Å²) in [6.45, 7) is 0. The van der Waals surface area contributed by atoms with Gasteiger partial charge in [0.25, 0.3) is 11.6 Å². The van der Waals surface area contributed by atoms with E-state index in [4.69, 9.17) is 11.6 Å². The molecule has 0 aliphatic heterocycles. The molecule has 2 aromatic carbocycles. The number of carbonyl (C=O) groups excluding carboxylic acids is 2. The number of hydrogen-bond donors (Lipinski definition) is 2. The number of carbonyl (C=O) groups is 2. The maximum atomic E-state index is 12.0. The molecule has 2 aromatic rings. The number of benzene rings is 2. The first-order chi connectivity index (χ1) is 11.5. The summed E-state index contributed by atoms with van der Waals surface area (Å²) in [6, 6.07) is 12.6. The van der Waals surface area contributed by atoms with Crippen LogP contribution < -0.4 is 10.9 Å². The van der Waals surface area contributed by atoms with E-state index < -0.39 is 16.7 Å². The Hall–Kier alpha value is -2.93. The molecular formula is C16H14ClN3O4. The van der Waals surface area contributed by atoms with Gasteiger partial charge in [0, 0.05) is 17.5 Å². The summed E-state index contributed by atoms with van der Waals surface area (Å²) in [5, 5.41) is 11.4. The molecule has 0 saturated heterocycles. The van der Waals surface area contributed by atoms with Crippen molar-refractivity contribution >= 4 is 29.1 Å². The lowest BCUT2D eigenvalue weighted by Crippen LogP contribution is -2.41. The van der Waals surface area contributed by atoms with Crippen LogP contribution in [0.3, 0.4) is 0 Å². The minimum Gasteiger partial charge on any atom is -0.273 e. The fraction of sp³-hybridized carbons (Fsp3) is 0.125. The normalized spacial score (nSPS) is 10.0. The first kappa shape index (κ1) is 17.4. The summed E-state index contributed by atoms with van der Waals surface area (Å²) in [5.41, 5.74) is 4.76. The van der Waals surface area contributed by atoms with Gasteiger partial charge in [-0.15, -0.1) is 0 Å². The van der Waals surface area contributed by atoms with Crippen molar-refractivity contribution in [2.45, 2.75) is 12.8 Å². The average molecular weight is 348 g/mol. The Morgan fingerprint density at radius 2 is 1.71 bits per heavy atom. The molecule has 0 heterocycles. The number of nitro groups is 1. The topological polar surface area (TPSA) is 101 Å². The zero-order valence-electron chi connectivity index (χ0n) is 12.5. The van der Waals surface area contributed by atoms with Crippen molar-refractivity contribution in [1.29, 1.82) is 0 Å². The smallest absolute Gasteiger partial charge is 0.273 e. The van der Waals surface area contributed by atoms with Crippen molar-refractivity contribution < 1.29 is 14.5 Å². The van der Waals surface area contributed by atoms with Crippen LogP contribution in [-0.2, 0) is 11.2 Å². The van der Waals surface area contributed by atoms with Crippen LogP contribution in [0.1, 0.15) is 22.3 Å². The molecule has 0 unspecified atom stereocenters. The molecule has 2 rings (SSSR count). The van der Waals surface area contributed by atoms with Crippen LogP contribution in [-0.4, -0.2) is 16.7 Å². The Morgan fingerprint density at radius 1 is 1.04 bits per heavy atom. The molecule has 0 bridgehead atoms. The molecular weight excluding hydrogens is 334 g/mol. The van der Waals surface area contributed by atoms with Gasteiger partial charge in [0.15, 0.2) is 0 Å². The van der Waals surface area contributed by atoms with Gasteiger partial charge < -0.3 is 0 Å². The minimum atomic E-state index is -0.756. The summed E-state index contributed by atoms with van der Waals surface area (Å²) < 4.78 is 0. The molecule has 0 atom stereocenters. The van der Waals surface area contributed by atoms with Crippen LogP contribution in [0.15, 0.2) is 48.5 Å². The molecule has 0 aliphatic carbocycles. The lowest BCUT2D eigenvalue weighted by molar-refractivity contribution is -0.385. The van der Waals surface area contributed by atoms with Gasteiger partial charge in [0.2, 0.25) is 5.91 Å². The molecule has 7 nitrogen and oxygen atoms in total. The maximum absolute atomic E-state index is 12.0. The Balaban J connectivity index is 1.89. The predicted molar refractivity (Wildman–Crippen MR) is 88.5 cm³/mol. The highest BCUT2D eigenvalue weighted by molar-refractivity contribution is 6.31. The van der Waals surface area contributed by atoms with Crippen molar-refractivity contribution in [2.24, 2.45) is 0 Å². The van der Waals surface area contributed by atoms with E-state index in [1.165, 1.54) is 24.3 Å². The van der Waals surface area contributed by atoms with Crippen LogP contribution in [0.2, 0.25) is 5.02 Å². The third-order valence-corrected chi connectivity index (χ3v) is 3.61. The molecule has 0 spiro atoms. The standard InChI is InChI=1S/C16H14ClN3O4/c17-13-7-3-1-5-11(13)9-10-15(21)18-19-16(22)12-6-2-4-8-14(12)20(23)24/h1-8H,9-10H2,(H,18,21)(H,19,22). The van der Waals surface area contributed by atoms with E-state index in [0.717, 1.165) is 5.56 Å². The van der Waals surface area contributed by atoms with Crippen LogP contribution in [0.5, 0.6) is 0 Å². The van der Waals surface area contributed by atoms with E-state index in [-0.39, 0.29) is 17.7 Å². The second kappa shape index (κ2) is 8.07. The lowest BCUT2D eigenvalue weighted by Gasteiger charge is -2.08. The Labute approximate surface area is 142 Å². The summed E-state index contributed by atoms with van der Waals surface area (Å²) in [4.78, 5) is 34.0. The van der Waals surface area contributed by atoms with Crippen molar-refractivity contribution in [2.75, 3.05) is 0 Å². The zero-order chi connectivity index (χ0) is 17.5. The number of nitrogens with zero attached hydrogens (tertiary/aromatic N) is 1. The summed E-state index contributed by atoms with van der Waals surface area (Å²) in [5.74, 6) is -1.18. The number of amides is 2. The number of halogens is 1. The fourth-order valence-corrected chi connectivity index (χ4v) is 2.26. The monoisotopic (exact) mass is 347 g/mol. The van der Waals surface area contributed by atoms with Gasteiger partial charge in [0.05, 0.1) is 4.92 Å². The van der Waals surface area contributed by atoms with Crippen molar-refractivity contribution in [3.05, 3.63) is 74.8 Å². The van der Waals surface area contributed by atoms with Crippen molar-refractivity contribution in [1.82, 2.24) is 10.9 Å². The van der Waals surface area contributed by atoms with Gasteiger partial charge in [-0.2, -0.15) is 0 Å². The van der Waals surface area contributed by atoms with Gasteiger partial charge >= 0.3 is 0 Å². The molecule has 0 saturated carbocycles. The van der Waals surface area contributed by atoms with Gasteiger partial charge in [-0.05, 0) is 24.1 Å². The van der Waals surface area contributed by atoms with E-state index in [0.29, 0.717) is 11.4 Å². The second-order valence-electron chi connectivity index (χ2n) is 4.87. The predicted octanol–water partition coefficient (Wildman–Crippen LogP) is 2.64. The summed E-state index contributed by atoms with van der Waals surface area (Å²) in [6.07, 6.45) is 0.522. The van der Waals surface area contributed by atoms with Crippen LogP contribution in [0, 0.1) is 10.1 Å². The average Bonchev–Trinajstić information content (AvgIpc) is 2.59. The molecule has 0 aliphatic rings. The number of aryl methyl sites for hydroxylation is 1. The van der Waals surface area contributed by atoms with E-state index in [1.54, 1.807) is 12.1 Å². The fourth-order valence-electron chi connectivity index (χ4n) is 2.03. The number of hydrogen-bond acceptors (Lipinski definition) is 4. The van der Waals surface area contributed by atoms with E-state index in [9.17, 15) is 19.7 Å². The zero-order valence-corrected chi connectivity index (χ0v) is 13.2. The highest BCUT2D eigenvalue weighted by Crippen LogP contribution is 2.17. The quantitative estimate of drug-likeness (QED) is 0.641. The number of hydrazine groups is 1. The van der Waals surface area contributed by atoms with E-state index in [2.05, 4.69) is 10.9 Å². The number of rotatable bonds is 5. The molecule has 8 heteroatoms. The minimum absolute atomic E-state index is 0.112. The van der Waals surface area contributed by atoms with E-state index in [1.807, 2.05) is 12.1 Å². The highest BCUT2D eigenvalue weighted by Gasteiger charge is 2.19. The first-order valence-corrected chi connectivity index (χ1v) is 7.43. The molecule has 0 fully saturated rings. The van der Waals surface area contributed by atoms with Gasteiger partial charge in [-0.1, -0.05) is 41.9 Å². The highest BCUT2D eigenvalue weighted by atomic mass is 35.5. The third-order valence-electron chi connectivity index (χ3n) is 3.24.